The van der Waals surface area contributed by atoms with Gasteiger partial charge in [-0.25, -0.2) is 4.79 Å². The van der Waals surface area contributed by atoms with E-state index in [9.17, 15) is 44.3 Å². The molecule has 0 saturated carbocycles. The van der Waals surface area contributed by atoms with Crippen LogP contribution in [0.15, 0.2) is 36.4 Å². The number of carbonyl (C=O) groups is 1. The van der Waals surface area contributed by atoms with Crippen LogP contribution in [0.2, 0.25) is 0 Å². The SMILES string of the molecule is CCOC(=O)N1c2ccc(C(F)(F)F)cc2[C@H](NCc2cc(C(F)(F)F)cc(C(F)(F)F)c2)C[C@@H]1C. The van der Waals surface area contributed by atoms with Gasteiger partial charge in [0.15, 0.2) is 0 Å². The van der Waals surface area contributed by atoms with E-state index in [1.807, 2.05) is 0 Å². The Bertz CT molecular complexity index is 1080. The molecule has 2 aromatic rings. The van der Waals surface area contributed by atoms with E-state index in [0.29, 0.717) is 12.1 Å². The Morgan fingerprint density at radius 1 is 0.917 bits per heavy atom. The number of benzene rings is 2. The zero-order valence-corrected chi connectivity index (χ0v) is 18.9. The van der Waals surface area contributed by atoms with Crippen LogP contribution in [0, 0.1) is 0 Å². The normalized spacial score (nSPS) is 18.7. The Hall–Kier alpha value is -2.96. The Labute approximate surface area is 200 Å². The van der Waals surface area contributed by atoms with Crippen LogP contribution in [0.3, 0.4) is 0 Å². The third-order valence-corrected chi connectivity index (χ3v) is 5.67. The average Bonchev–Trinajstić information content (AvgIpc) is 2.75. The van der Waals surface area contributed by atoms with E-state index in [4.69, 9.17) is 4.74 Å². The lowest BCUT2D eigenvalue weighted by molar-refractivity contribution is -0.143. The Balaban J connectivity index is 2.00. The van der Waals surface area contributed by atoms with Gasteiger partial charge in [-0.05, 0) is 67.8 Å². The summed E-state index contributed by atoms with van der Waals surface area (Å²) in [7, 11) is 0. The first-order chi connectivity index (χ1) is 16.5. The van der Waals surface area contributed by atoms with Crippen LogP contribution in [0.4, 0.5) is 50.0 Å². The number of halogens is 9. The highest BCUT2D eigenvalue weighted by Gasteiger charge is 2.39. The maximum Gasteiger partial charge on any atom is 0.416 e. The van der Waals surface area contributed by atoms with Gasteiger partial charge in [-0.3, -0.25) is 4.90 Å². The molecule has 13 heteroatoms. The van der Waals surface area contributed by atoms with Crippen molar-refractivity contribution in [2.45, 2.75) is 57.4 Å². The number of nitrogens with zero attached hydrogens (tertiary/aromatic N) is 1. The molecular formula is C23H21F9N2O2. The maximum atomic E-state index is 13.4. The van der Waals surface area contributed by atoms with Gasteiger partial charge in [0.2, 0.25) is 0 Å². The van der Waals surface area contributed by atoms with Crippen LogP contribution >= 0.6 is 0 Å². The smallest absolute Gasteiger partial charge is 0.416 e. The fourth-order valence-corrected chi connectivity index (χ4v) is 4.07. The molecule has 0 fully saturated rings. The fraction of sp³-hybridized carbons (Fsp3) is 0.435. The predicted octanol–water partition coefficient (Wildman–Crippen LogP) is 7.33. The Morgan fingerprint density at radius 3 is 1.97 bits per heavy atom. The van der Waals surface area contributed by atoms with Gasteiger partial charge in [-0.1, -0.05) is 0 Å². The van der Waals surface area contributed by atoms with Gasteiger partial charge in [0.05, 0.1) is 29.0 Å². The van der Waals surface area contributed by atoms with Crippen molar-refractivity contribution in [2.75, 3.05) is 11.5 Å². The molecular weight excluding hydrogens is 507 g/mol. The summed E-state index contributed by atoms with van der Waals surface area (Å²) in [4.78, 5) is 13.6. The summed E-state index contributed by atoms with van der Waals surface area (Å²) in [5, 5.41) is 2.77. The van der Waals surface area contributed by atoms with Gasteiger partial charge in [0, 0.05) is 18.6 Å². The molecule has 0 aliphatic carbocycles. The molecule has 0 spiro atoms. The number of hydrogen-bond acceptors (Lipinski definition) is 3. The van der Waals surface area contributed by atoms with Crippen LogP contribution in [0.5, 0.6) is 0 Å². The molecule has 1 N–H and O–H groups in total. The minimum absolute atomic E-state index is 0.00564. The van der Waals surface area contributed by atoms with Gasteiger partial charge < -0.3 is 10.1 Å². The molecule has 1 aliphatic rings. The van der Waals surface area contributed by atoms with Crippen LogP contribution in [-0.2, 0) is 29.8 Å². The molecule has 1 amide bonds. The number of alkyl halides is 9. The van der Waals surface area contributed by atoms with E-state index in [-0.39, 0.29) is 35.9 Å². The first-order valence-corrected chi connectivity index (χ1v) is 10.7. The van der Waals surface area contributed by atoms with Crippen LogP contribution in [0.25, 0.3) is 0 Å². The van der Waals surface area contributed by atoms with Crippen molar-refractivity contribution < 1.29 is 49.0 Å². The van der Waals surface area contributed by atoms with Gasteiger partial charge in [-0.15, -0.1) is 0 Å². The largest absolute Gasteiger partial charge is 0.449 e. The molecule has 2 aromatic carbocycles. The van der Waals surface area contributed by atoms with E-state index in [1.54, 1.807) is 13.8 Å². The molecule has 4 nitrogen and oxygen atoms in total. The average molecular weight is 528 g/mol. The molecule has 2 atom stereocenters. The number of rotatable bonds is 4. The van der Waals surface area contributed by atoms with Crippen molar-refractivity contribution in [3.8, 4) is 0 Å². The lowest BCUT2D eigenvalue weighted by atomic mass is 9.90. The lowest BCUT2D eigenvalue weighted by Crippen LogP contribution is -2.45. The molecule has 0 saturated heterocycles. The second-order valence-electron chi connectivity index (χ2n) is 8.27. The number of ether oxygens (including phenoxy) is 1. The highest BCUT2D eigenvalue weighted by Crippen LogP contribution is 2.42. The number of anilines is 1. The van der Waals surface area contributed by atoms with Gasteiger partial charge >= 0.3 is 24.6 Å². The topological polar surface area (TPSA) is 41.6 Å². The van der Waals surface area contributed by atoms with Crippen molar-refractivity contribution >= 4 is 11.8 Å². The summed E-state index contributed by atoms with van der Waals surface area (Å²) >= 11 is 0. The van der Waals surface area contributed by atoms with E-state index >= 15 is 0 Å². The van der Waals surface area contributed by atoms with Crippen LogP contribution < -0.4 is 10.2 Å². The summed E-state index contributed by atoms with van der Waals surface area (Å²) in [5.41, 5.74) is -4.27. The highest BCUT2D eigenvalue weighted by atomic mass is 19.4. The third-order valence-electron chi connectivity index (χ3n) is 5.67. The second kappa shape index (κ2) is 9.83. The van der Waals surface area contributed by atoms with Crippen molar-refractivity contribution in [3.63, 3.8) is 0 Å². The highest BCUT2D eigenvalue weighted by molar-refractivity contribution is 5.90. The Morgan fingerprint density at radius 2 is 1.47 bits per heavy atom. The lowest BCUT2D eigenvalue weighted by Gasteiger charge is -2.39. The van der Waals surface area contributed by atoms with E-state index in [0.717, 1.165) is 18.2 Å². The molecule has 0 unspecified atom stereocenters. The first kappa shape index (κ1) is 27.6. The van der Waals surface area contributed by atoms with Crippen molar-refractivity contribution in [1.82, 2.24) is 5.32 Å². The van der Waals surface area contributed by atoms with Crippen LogP contribution in [0.1, 0.15) is 54.1 Å². The summed E-state index contributed by atoms with van der Waals surface area (Å²) in [6.07, 6.45) is -15.6. The van der Waals surface area contributed by atoms with Gasteiger partial charge in [0.1, 0.15) is 0 Å². The fourth-order valence-electron chi connectivity index (χ4n) is 4.07. The molecule has 1 aliphatic heterocycles. The molecule has 0 bridgehead atoms. The standard InChI is InChI=1S/C23H21F9N2O2/c1-3-36-20(35)34-12(2)6-18(17-10-14(21(24,25)26)4-5-19(17)34)33-11-13-7-15(22(27,28)29)9-16(8-13)23(30,31)32/h4-5,7-10,12,18,33H,3,6,11H2,1-2H3/t12-,18+/m0/s1. The van der Waals surface area contributed by atoms with E-state index < -0.39 is 59.9 Å². The second-order valence-corrected chi connectivity index (χ2v) is 8.27. The first-order valence-electron chi connectivity index (χ1n) is 10.7. The third kappa shape index (κ3) is 6.05. The minimum Gasteiger partial charge on any atom is -0.449 e. The number of carbonyl (C=O) groups excluding carboxylic acids is 1. The monoisotopic (exact) mass is 528 g/mol. The summed E-state index contributed by atoms with van der Waals surface area (Å²) in [6, 6.07) is 2.25. The number of nitrogens with one attached hydrogen (secondary N) is 1. The Kier molecular flexibility index (Phi) is 7.54. The van der Waals surface area contributed by atoms with Crippen molar-refractivity contribution in [1.29, 1.82) is 0 Å². The summed E-state index contributed by atoms with van der Waals surface area (Å²) in [5.74, 6) is 0. The number of fused-ring (bicyclic) bond motifs is 1. The summed E-state index contributed by atoms with van der Waals surface area (Å²) < 4.78 is 124. The van der Waals surface area contributed by atoms with E-state index in [1.165, 1.54) is 4.90 Å². The quantitative estimate of drug-likeness (QED) is 0.423. The molecule has 0 radical (unpaired) electrons. The summed E-state index contributed by atoms with van der Waals surface area (Å²) in [6.45, 7) is 2.66. The van der Waals surface area contributed by atoms with Crippen molar-refractivity contribution in [3.05, 3.63) is 64.2 Å². The number of hydrogen-bond donors (Lipinski definition) is 1. The van der Waals surface area contributed by atoms with Gasteiger partial charge in [0.25, 0.3) is 0 Å². The molecule has 36 heavy (non-hydrogen) atoms. The van der Waals surface area contributed by atoms with E-state index in [2.05, 4.69) is 5.32 Å². The maximum absolute atomic E-state index is 13.4. The zero-order valence-electron chi connectivity index (χ0n) is 18.9. The van der Waals surface area contributed by atoms with Crippen LogP contribution in [-0.4, -0.2) is 18.7 Å². The minimum atomic E-state index is -5.04. The number of amides is 1. The molecule has 0 aromatic heterocycles. The predicted molar refractivity (Wildman–Crippen MR) is 111 cm³/mol. The molecule has 3 rings (SSSR count). The zero-order chi connectivity index (χ0) is 27.1. The molecule has 198 valence electrons. The molecule has 1 heterocycles. The van der Waals surface area contributed by atoms with Gasteiger partial charge in [-0.2, -0.15) is 39.5 Å². The van der Waals surface area contributed by atoms with Crippen molar-refractivity contribution in [2.24, 2.45) is 0 Å².